The normalized spacial score (nSPS) is 17.6. The number of carbonyl (C=O) groups excluding carboxylic acids is 1. The highest BCUT2D eigenvalue weighted by molar-refractivity contribution is 5.69. The number of aromatic nitrogens is 1. The van der Waals surface area contributed by atoms with Crippen LogP contribution in [0.1, 0.15) is 45.4 Å². The van der Waals surface area contributed by atoms with Gasteiger partial charge in [-0.25, -0.2) is 0 Å². The number of esters is 1. The summed E-state index contributed by atoms with van der Waals surface area (Å²) in [6.45, 7) is 2.37. The fourth-order valence-corrected chi connectivity index (χ4v) is 2.82. The minimum atomic E-state index is -0.209. The van der Waals surface area contributed by atoms with Crippen molar-refractivity contribution in [2.24, 2.45) is 5.92 Å². The average molecular weight is 277 g/mol. The molecule has 0 aliphatic heterocycles. The van der Waals surface area contributed by atoms with E-state index in [1.807, 2.05) is 6.92 Å². The van der Waals surface area contributed by atoms with Crippen LogP contribution in [0.5, 0.6) is 0 Å². The molecule has 0 spiro atoms. The smallest absolute Gasteiger partial charge is 0.307 e. The van der Waals surface area contributed by atoms with Crippen molar-refractivity contribution >= 4 is 5.97 Å². The lowest BCUT2D eigenvalue weighted by molar-refractivity contribution is -0.151. The lowest BCUT2D eigenvalue weighted by atomic mass is 9.86. The first kappa shape index (κ1) is 14.8. The highest BCUT2D eigenvalue weighted by Crippen LogP contribution is 2.27. The summed E-state index contributed by atoms with van der Waals surface area (Å²) in [4.78, 5) is 23.4. The lowest BCUT2D eigenvalue weighted by Crippen LogP contribution is -2.27. The molecule has 1 heterocycles. The molecular formula is C16H23NO3. The Kier molecular flexibility index (Phi) is 5.39. The molecule has 4 heteroatoms. The topological polar surface area (TPSA) is 48.3 Å². The van der Waals surface area contributed by atoms with Gasteiger partial charge >= 0.3 is 5.97 Å². The zero-order valence-corrected chi connectivity index (χ0v) is 12.1. The van der Waals surface area contributed by atoms with E-state index >= 15 is 0 Å². The SMILES string of the molecule is CC(OC(=O)CCn1ccccc1=O)C1CCCCC1. The van der Waals surface area contributed by atoms with E-state index in [2.05, 4.69) is 0 Å². The molecule has 1 unspecified atom stereocenters. The quantitative estimate of drug-likeness (QED) is 0.778. The minimum Gasteiger partial charge on any atom is -0.462 e. The van der Waals surface area contributed by atoms with Gasteiger partial charge in [0.05, 0.1) is 6.42 Å². The van der Waals surface area contributed by atoms with Crippen LogP contribution in [-0.4, -0.2) is 16.6 Å². The molecule has 4 nitrogen and oxygen atoms in total. The molecule has 1 atom stereocenters. The summed E-state index contributed by atoms with van der Waals surface area (Å²) < 4.78 is 7.03. The van der Waals surface area contributed by atoms with Gasteiger partial charge in [-0.05, 0) is 31.7 Å². The average Bonchev–Trinajstić information content (AvgIpc) is 2.47. The van der Waals surface area contributed by atoms with Crippen molar-refractivity contribution in [1.82, 2.24) is 4.57 Å². The van der Waals surface area contributed by atoms with E-state index < -0.39 is 0 Å². The van der Waals surface area contributed by atoms with Crippen molar-refractivity contribution in [2.45, 2.75) is 58.1 Å². The molecule has 0 aromatic carbocycles. The predicted octanol–water partition coefficient (Wildman–Crippen LogP) is 2.75. The van der Waals surface area contributed by atoms with E-state index in [4.69, 9.17) is 4.74 Å². The third-order valence-corrected chi connectivity index (χ3v) is 4.09. The number of ether oxygens (including phenoxy) is 1. The summed E-state index contributed by atoms with van der Waals surface area (Å²) in [7, 11) is 0. The van der Waals surface area contributed by atoms with E-state index in [9.17, 15) is 9.59 Å². The van der Waals surface area contributed by atoms with Gasteiger partial charge in [-0.1, -0.05) is 25.3 Å². The summed E-state index contributed by atoms with van der Waals surface area (Å²) in [5.74, 6) is 0.297. The summed E-state index contributed by atoms with van der Waals surface area (Å²) in [6.07, 6.45) is 8.04. The molecule has 0 bridgehead atoms. The van der Waals surface area contributed by atoms with Crippen molar-refractivity contribution in [2.75, 3.05) is 0 Å². The molecule has 0 saturated heterocycles. The number of pyridine rings is 1. The largest absolute Gasteiger partial charge is 0.462 e. The van der Waals surface area contributed by atoms with E-state index in [-0.39, 0.29) is 24.1 Å². The third kappa shape index (κ3) is 4.22. The monoisotopic (exact) mass is 277 g/mol. The van der Waals surface area contributed by atoms with Crippen LogP contribution < -0.4 is 5.56 Å². The molecule has 1 aromatic heterocycles. The maximum absolute atomic E-state index is 11.8. The van der Waals surface area contributed by atoms with Crippen LogP contribution in [0.25, 0.3) is 0 Å². The number of hydrogen-bond acceptors (Lipinski definition) is 3. The molecule has 110 valence electrons. The van der Waals surface area contributed by atoms with Crippen LogP contribution in [0.2, 0.25) is 0 Å². The van der Waals surface area contributed by atoms with Gasteiger partial charge in [0.15, 0.2) is 0 Å². The van der Waals surface area contributed by atoms with E-state index in [1.165, 1.54) is 29.9 Å². The number of hydrogen-bond donors (Lipinski definition) is 0. The summed E-state index contributed by atoms with van der Waals surface area (Å²) >= 11 is 0. The summed E-state index contributed by atoms with van der Waals surface area (Å²) in [5.41, 5.74) is -0.0828. The molecule has 0 N–H and O–H groups in total. The van der Waals surface area contributed by atoms with Crippen LogP contribution in [-0.2, 0) is 16.1 Å². The summed E-state index contributed by atoms with van der Waals surface area (Å²) in [5, 5.41) is 0. The number of nitrogens with zero attached hydrogens (tertiary/aromatic N) is 1. The predicted molar refractivity (Wildman–Crippen MR) is 77.4 cm³/mol. The molecular weight excluding hydrogens is 254 g/mol. The van der Waals surface area contributed by atoms with Crippen molar-refractivity contribution in [3.63, 3.8) is 0 Å². The Hall–Kier alpha value is -1.58. The van der Waals surface area contributed by atoms with Crippen LogP contribution in [0.15, 0.2) is 29.2 Å². The van der Waals surface area contributed by atoms with Crippen molar-refractivity contribution in [3.05, 3.63) is 34.7 Å². The van der Waals surface area contributed by atoms with Crippen molar-refractivity contribution < 1.29 is 9.53 Å². The van der Waals surface area contributed by atoms with Crippen molar-refractivity contribution in [1.29, 1.82) is 0 Å². The Balaban J connectivity index is 1.77. The Morgan fingerprint density at radius 3 is 2.80 bits per heavy atom. The highest BCUT2D eigenvalue weighted by Gasteiger charge is 2.22. The van der Waals surface area contributed by atoms with Crippen LogP contribution in [0.4, 0.5) is 0 Å². The molecule has 1 fully saturated rings. The van der Waals surface area contributed by atoms with Crippen LogP contribution >= 0.6 is 0 Å². The van der Waals surface area contributed by atoms with Gasteiger partial charge < -0.3 is 9.30 Å². The molecule has 0 amide bonds. The third-order valence-electron chi connectivity index (χ3n) is 4.09. The Morgan fingerprint density at radius 2 is 2.10 bits per heavy atom. The first-order valence-electron chi connectivity index (χ1n) is 7.52. The highest BCUT2D eigenvalue weighted by atomic mass is 16.5. The van der Waals surface area contributed by atoms with Gasteiger partial charge in [0.25, 0.3) is 5.56 Å². The molecule has 2 rings (SSSR count). The van der Waals surface area contributed by atoms with E-state index in [0.29, 0.717) is 12.5 Å². The van der Waals surface area contributed by atoms with Gasteiger partial charge in [0.2, 0.25) is 0 Å². The van der Waals surface area contributed by atoms with E-state index in [0.717, 1.165) is 12.8 Å². The molecule has 1 aromatic rings. The molecule has 1 saturated carbocycles. The zero-order chi connectivity index (χ0) is 14.4. The number of carbonyl (C=O) groups is 1. The fourth-order valence-electron chi connectivity index (χ4n) is 2.82. The zero-order valence-electron chi connectivity index (χ0n) is 12.1. The minimum absolute atomic E-state index is 0.00436. The van der Waals surface area contributed by atoms with Gasteiger partial charge in [-0.3, -0.25) is 9.59 Å². The Bertz CT molecular complexity index is 488. The first-order chi connectivity index (χ1) is 9.66. The van der Waals surface area contributed by atoms with Gasteiger partial charge in [0, 0.05) is 18.8 Å². The van der Waals surface area contributed by atoms with Crippen molar-refractivity contribution in [3.8, 4) is 0 Å². The lowest BCUT2D eigenvalue weighted by Gasteiger charge is -2.27. The Morgan fingerprint density at radius 1 is 1.35 bits per heavy atom. The van der Waals surface area contributed by atoms with Gasteiger partial charge in [-0.2, -0.15) is 0 Å². The molecule has 0 radical (unpaired) electrons. The van der Waals surface area contributed by atoms with Crippen LogP contribution in [0.3, 0.4) is 0 Å². The van der Waals surface area contributed by atoms with E-state index in [1.54, 1.807) is 18.3 Å². The summed E-state index contributed by atoms with van der Waals surface area (Å²) in [6, 6.07) is 4.98. The second-order valence-electron chi connectivity index (χ2n) is 5.58. The fraction of sp³-hybridized carbons (Fsp3) is 0.625. The molecule has 1 aliphatic rings. The maximum Gasteiger partial charge on any atom is 0.307 e. The van der Waals surface area contributed by atoms with Crippen LogP contribution in [0, 0.1) is 5.92 Å². The number of aryl methyl sites for hydroxylation is 1. The number of rotatable bonds is 5. The van der Waals surface area contributed by atoms with Gasteiger partial charge in [-0.15, -0.1) is 0 Å². The molecule has 20 heavy (non-hydrogen) atoms. The first-order valence-corrected chi connectivity index (χ1v) is 7.52. The van der Waals surface area contributed by atoms with Gasteiger partial charge in [0.1, 0.15) is 6.10 Å². The second kappa shape index (κ2) is 7.27. The second-order valence-corrected chi connectivity index (χ2v) is 5.58. The maximum atomic E-state index is 11.8. The Labute approximate surface area is 119 Å². The standard InChI is InChI=1S/C16H23NO3/c1-13(14-7-3-2-4-8-14)20-16(19)10-12-17-11-6-5-9-15(17)18/h5-6,9,11,13-14H,2-4,7-8,10,12H2,1H3. The molecule has 1 aliphatic carbocycles.